The van der Waals surface area contributed by atoms with Crippen LogP contribution in [-0.2, 0) is 9.53 Å². The predicted molar refractivity (Wildman–Crippen MR) is 57.6 cm³/mol. The first kappa shape index (κ1) is 10.9. The number of rotatable bonds is 4. The van der Waals surface area contributed by atoms with Gasteiger partial charge in [-0.1, -0.05) is 0 Å². The Hall–Kier alpha value is -0.610. The molecule has 2 aliphatic rings. The molecule has 0 spiro atoms. The molecule has 1 atom stereocenters. The van der Waals surface area contributed by atoms with Crippen LogP contribution in [0.1, 0.15) is 19.8 Å². The number of nitrogens with one attached hydrogen (secondary N) is 1. The van der Waals surface area contributed by atoms with Crippen LogP contribution < -0.4 is 5.32 Å². The zero-order valence-corrected chi connectivity index (χ0v) is 9.37. The highest BCUT2D eigenvalue weighted by molar-refractivity contribution is 5.80. The van der Waals surface area contributed by atoms with E-state index in [9.17, 15) is 4.79 Å². The molecular weight excluding hydrogens is 192 g/mol. The predicted octanol–water partition coefficient (Wildman–Crippen LogP) is 0.233. The lowest BCUT2D eigenvalue weighted by Crippen LogP contribution is -2.47. The summed E-state index contributed by atoms with van der Waals surface area (Å²) in [6, 6.07) is 0.427. The fourth-order valence-electron chi connectivity index (χ4n) is 1.89. The van der Waals surface area contributed by atoms with E-state index in [1.807, 2.05) is 0 Å². The molecule has 0 radical (unpaired) electrons. The Morgan fingerprint density at radius 2 is 2.13 bits per heavy atom. The highest BCUT2D eigenvalue weighted by atomic mass is 16.5. The van der Waals surface area contributed by atoms with Crippen LogP contribution in [0.5, 0.6) is 0 Å². The van der Waals surface area contributed by atoms with Crippen LogP contribution in [0.2, 0.25) is 0 Å². The summed E-state index contributed by atoms with van der Waals surface area (Å²) >= 11 is 0. The molecule has 0 aromatic heterocycles. The van der Waals surface area contributed by atoms with Gasteiger partial charge in [-0.05, 0) is 19.8 Å². The van der Waals surface area contributed by atoms with Crippen molar-refractivity contribution in [1.29, 1.82) is 0 Å². The highest BCUT2D eigenvalue weighted by Gasteiger charge is 2.29. The molecular formula is C11H20N2O2. The largest absolute Gasteiger partial charge is 0.379 e. The number of carbonyl (C=O) groups excluding carboxylic acids is 1. The summed E-state index contributed by atoms with van der Waals surface area (Å²) < 4.78 is 5.29. The Morgan fingerprint density at radius 1 is 1.47 bits per heavy atom. The van der Waals surface area contributed by atoms with Gasteiger partial charge in [0, 0.05) is 31.6 Å². The van der Waals surface area contributed by atoms with Crippen LogP contribution >= 0.6 is 0 Å². The van der Waals surface area contributed by atoms with Crippen LogP contribution in [0, 0.1) is 5.92 Å². The topological polar surface area (TPSA) is 41.6 Å². The Kier molecular flexibility index (Phi) is 3.59. The van der Waals surface area contributed by atoms with Crippen LogP contribution in [0.25, 0.3) is 0 Å². The molecule has 86 valence electrons. The van der Waals surface area contributed by atoms with Gasteiger partial charge < -0.3 is 10.1 Å². The molecule has 4 nitrogen and oxygen atoms in total. The first-order chi connectivity index (χ1) is 7.27. The smallest absolute Gasteiger partial charge is 0.223 e. The number of amides is 1. The van der Waals surface area contributed by atoms with E-state index >= 15 is 0 Å². The van der Waals surface area contributed by atoms with Gasteiger partial charge in [0.25, 0.3) is 0 Å². The zero-order chi connectivity index (χ0) is 10.7. The molecule has 1 aliphatic heterocycles. The molecule has 1 N–H and O–H groups in total. The minimum Gasteiger partial charge on any atom is -0.379 e. The second-order valence-electron chi connectivity index (χ2n) is 4.52. The van der Waals surface area contributed by atoms with E-state index in [0.29, 0.717) is 12.0 Å². The Bertz CT molecular complexity index is 223. The van der Waals surface area contributed by atoms with Crippen LogP contribution in [0.3, 0.4) is 0 Å². The van der Waals surface area contributed by atoms with Gasteiger partial charge in [-0.3, -0.25) is 9.69 Å². The number of carbonyl (C=O) groups is 1. The van der Waals surface area contributed by atoms with E-state index in [1.54, 1.807) is 0 Å². The van der Waals surface area contributed by atoms with Gasteiger partial charge in [0.05, 0.1) is 13.2 Å². The van der Waals surface area contributed by atoms with Gasteiger partial charge in [-0.2, -0.15) is 0 Å². The van der Waals surface area contributed by atoms with Gasteiger partial charge in [0.2, 0.25) is 5.91 Å². The van der Waals surface area contributed by atoms with Crippen molar-refractivity contribution in [2.24, 2.45) is 5.92 Å². The maximum atomic E-state index is 11.4. The molecule has 1 aliphatic carbocycles. The second kappa shape index (κ2) is 4.94. The van der Waals surface area contributed by atoms with Crippen molar-refractivity contribution >= 4 is 5.91 Å². The quantitative estimate of drug-likeness (QED) is 0.725. The summed E-state index contributed by atoms with van der Waals surface area (Å²) in [7, 11) is 0. The maximum absolute atomic E-state index is 11.4. The Labute approximate surface area is 91.0 Å². The number of ether oxygens (including phenoxy) is 1. The zero-order valence-electron chi connectivity index (χ0n) is 9.37. The summed E-state index contributed by atoms with van der Waals surface area (Å²) in [5.41, 5.74) is 0. The van der Waals surface area contributed by atoms with E-state index in [1.165, 1.54) is 0 Å². The lowest BCUT2D eigenvalue weighted by atomic mass is 10.2. The minimum absolute atomic E-state index is 0.245. The van der Waals surface area contributed by atoms with E-state index in [0.717, 1.165) is 45.7 Å². The standard InChI is InChI=1S/C11H20N2O2/c1-9(13-4-6-15-7-5-13)8-12-11(14)10-2-3-10/h9-10H,2-8H2,1H3,(H,12,14). The van der Waals surface area contributed by atoms with Gasteiger partial charge in [-0.15, -0.1) is 0 Å². The monoisotopic (exact) mass is 212 g/mol. The molecule has 1 saturated heterocycles. The van der Waals surface area contributed by atoms with Crippen molar-refractivity contribution in [3.63, 3.8) is 0 Å². The average Bonchev–Trinajstić information content (AvgIpc) is 3.10. The molecule has 1 amide bonds. The Balaban J connectivity index is 1.66. The van der Waals surface area contributed by atoms with E-state index in [-0.39, 0.29) is 5.91 Å². The fraction of sp³-hybridized carbons (Fsp3) is 0.909. The minimum atomic E-state index is 0.245. The number of hydrogen-bond donors (Lipinski definition) is 1. The normalized spacial score (nSPS) is 24.9. The van der Waals surface area contributed by atoms with Crippen molar-refractivity contribution in [1.82, 2.24) is 10.2 Å². The van der Waals surface area contributed by atoms with E-state index in [4.69, 9.17) is 4.74 Å². The third-order valence-electron chi connectivity index (χ3n) is 3.19. The van der Waals surface area contributed by atoms with Crippen molar-refractivity contribution in [3.05, 3.63) is 0 Å². The summed E-state index contributed by atoms with van der Waals surface area (Å²) in [6.07, 6.45) is 2.16. The summed E-state index contributed by atoms with van der Waals surface area (Å²) in [6.45, 7) is 6.55. The van der Waals surface area contributed by atoms with Crippen molar-refractivity contribution < 1.29 is 9.53 Å². The molecule has 2 fully saturated rings. The number of nitrogens with zero attached hydrogens (tertiary/aromatic N) is 1. The van der Waals surface area contributed by atoms with Crippen LogP contribution in [-0.4, -0.2) is 49.7 Å². The van der Waals surface area contributed by atoms with Gasteiger partial charge >= 0.3 is 0 Å². The molecule has 2 rings (SSSR count). The van der Waals surface area contributed by atoms with E-state index < -0.39 is 0 Å². The lowest BCUT2D eigenvalue weighted by Gasteiger charge is -2.32. The second-order valence-corrected chi connectivity index (χ2v) is 4.52. The van der Waals surface area contributed by atoms with Gasteiger partial charge in [-0.25, -0.2) is 0 Å². The summed E-state index contributed by atoms with van der Waals surface area (Å²) in [4.78, 5) is 13.8. The van der Waals surface area contributed by atoms with Crippen molar-refractivity contribution in [2.75, 3.05) is 32.8 Å². The van der Waals surface area contributed by atoms with Crippen LogP contribution in [0.4, 0.5) is 0 Å². The molecule has 1 heterocycles. The summed E-state index contributed by atoms with van der Waals surface area (Å²) in [5.74, 6) is 0.567. The maximum Gasteiger partial charge on any atom is 0.223 e. The molecule has 1 unspecified atom stereocenters. The van der Waals surface area contributed by atoms with Crippen molar-refractivity contribution in [3.8, 4) is 0 Å². The summed E-state index contributed by atoms with van der Waals surface area (Å²) in [5, 5.41) is 3.02. The molecule has 4 heteroatoms. The van der Waals surface area contributed by atoms with Gasteiger partial charge in [0.1, 0.15) is 0 Å². The third-order valence-corrected chi connectivity index (χ3v) is 3.19. The number of morpholine rings is 1. The molecule has 15 heavy (non-hydrogen) atoms. The molecule has 1 saturated carbocycles. The van der Waals surface area contributed by atoms with Gasteiger partial charge in [0.15, 0.2) is 0 Å². The highest BCUT2D eigenvalue weighted by Crippen LogP contribution is 2.28. The Morgan fingerprint density at radius 3 is 2.73 bits per heavy atom. The van der Waals surface area contributed by atoms with Crippen LogP contribution in [0.15, 0.2) is 0 Å². The first-order valence-electron chi connectivity index (χ1n) is 5.87. The SMILES string of the molecule is CC(CNC(=O)C1CC1)N1CCOCC1. The lowest BCUT2D eigenvalue weighted by molar-refractivity contribution is -0.122. The first-order valence-corrected chi connectivity index (χ1v) is 5.87. The molecule has 0 bridgehead atoms. The van der Waals surface area contributed by atoms with Crippen molar-refractivity contribution in [2.45, 2.75) is 25.8 Å². The molecule has 0 aromatic rings. The fourth-order valence-corrected chi connectivity index (χ4v) is 1.89. The number of hydrogen-bond acceptors (Lipinski definition) is 3. The average molecular weight is 212 g/mol. The third kappa shape index (κ3) is 3.18. The van der Waals surface area contributed by atoms with E-state index in [2.05, 4.69) is 17.1 Å². The molecule has 0 aromatic carbocycles.